The van der Waals surface area contributed by atoms with Gasteiger partial charge in [0.1, 0.15) is 0 Å². The highest BCUT2D eigenvalue weighted by molar-refractivity contribution is 5.96. The summed E-state index contributed by atoms with van der Waals surface area (Å²) >= 11 is 0. The number of likely N-dealkylation sites (tertiary alicyclic amines) is 2. The Morgan fingerprint density at radius 1 is 1.08 bits per heavy atom. The number of nitrogens with one attached hydrogen (secondary N) is 1. The molecule has 2 aliphatic heterocycles. The van der Waals surface area contributed by atoms with Crippen LogP contribution in [-0.2, 0) is 4.79 Å². The van der Waals surface area contributed by atoms with Gasteiger partial charge in [0.2, 0.25) is 5.91 Å². The molecule has 1 atom stereocenters. The smallest absolute Gasteiger partial charge is 0.336 e. The van der Waals surface area contributed by atoms with Crippen LogP contribution in [0.25, 0.3) is 0 Å². The lowest BCUT2D eigenvalue weighted by molar-refractivity contribution is -0.121. The summed E-state index contributed by atoms with van der Waals surface area (Å²) in [6.07, 6.45) is 3.62. The Labute approximate surface area is 153 Å². The number of carboxylic acid groups (broad SMARTS) is 1. The summed E-state index contributed by atoms with van der Waals surface area (Å²) < 4.78 is 0. The molecular weight excluding hydrogens is 334 g/mol. The van der Waals surface area contributed by atoms with Crippen LogP contribution in [0.5, 0.6) is 0 Å². The Kier molecular flexibility index (Phi) is 5.44. The minimum atomic E-state index is -1.02. The molecule has 2 N–H and O–H groups in total. The Balaban J connectivity index is 1.63. The average Bonchev–Trinajstić information content (AvgIpc) is 3.17. The maximum Gasteiger partial charge on any atom is 0.336 e. The first kappa shape index (κ1) is 18.2. The van der Waals surface area contributed by atoms with E-state index in [2.05, 4.69) is 5.32 Å². The first-order chi connectivity index (χ1) is 12.5. The van der Waals surface area contributed by atoms with Gasteiger partial charge < -0.3 is 20.2 Å². The second-order valence-corrected chi connectivity index (χ2v) is 7.09. The Morgan fingerprint density at radius 3 is 2.46 bits per heavy atom. The van der Waals surface area contributed by atoms with Crippen molar-refractivity contribution in [2.24, 2.45) is 5.92 Å². The largest absolute Gasteiger partial charge is 0.478 e. The van der Waals surface area contributed by atoms with E-state index in [1.807, 2.05) is 4.90 Å². The summed E-state index contributed by atoms with van der Waals surface area (Å²) in [5.74, 6) is -1.45. The summed E-state index contributed by atoms with van der Waals surface area (Å²) in [7, 11) is 0. The third-order valence-electron chi connectivity index (χ3n) is 5.17. The minimum absolute atomic E-state index is 0.0310. The van der Waals surface area contributed by atoms with Crippen molar-refractivity contribution in [3.63, 3.8) is 0 Å². The Hall–Kier alpha value is -2.57. The predicted octanol–water partition coefficient (Wildman–Crippen LogP) is 2.56. The van der Waals surface area contributed by atoms with Crippen molar-refractivity contribution in [1.29, 1.82) is 0 Å². The number of carboxylic acids is 1. The molecule has 0 radical (unpaired) electrons. The molecule has 2 saturated heterocycles. The zero-order valence-corrected chi connectivity index (χ0v) is 15.0. The molecule has 3 amide bonds. The zero-order chi connectivity index (χ0) is 18.7. The first-order valence-electron chi connectivity index (χ1n) is 9.14. The number of hydrogen-bond acceptors (Lipinski definition) is 3. The van der Waals surface area contributed by atoms with Crippen molar-refractivity contribution in [2.75, 3.05) is 31.5 Å². The van der Waals surface area contributed by atoms with Gasteiger partial charge in [0.15, 0.2) is 0 Å². The molecule has 140 valence electrons. The quantitative estimate of drug-likeness (QED) is 0.868. The average molecular weight is 359 g/mol. The highest BCUT2D eigenvalue weighted by Crippen LogP contribution is 2.22. The third-order valence-corrected chi connectivity index (χ3v) is 5.17. The van der Waals surface area contributed by atoms with Gasteiger partial charge in [-0.05, 0) is 50.3 Å². The van der Waals surface area contributed by atoms with E-state index in [-0.39, 0.29) is 23.4 Å². The van der Waals surface area contributed by atoms with E-state index in [1.54, 1.807) is 24.0 Å². The molecule has 0 bridgehead atoms. The van der Waals surface area contributed by atoms with Gasteiger partial charge in [-0.2, -0.15) is 0 Å². The van der Waals surface area contributed by atoms with Gasteiger partial charge in [-0.3, -0.25) is 4.79 Å². The fraction of sp³-hybridized carbons (Fsp3) is 0.526. The zero-order valence-electron chi connectivity index (χ0n) is 15.0. The van der Waals surface area contributed by atoms with Crippen LogP contribution in [-0.4, -0.2) is 59.0 Å². The molecule has 2 aliphatic rings. The number of urea groups is 1. The molecule has 0 aliphatic carbocycles. The van der Waals surface area contributed by atoms with Crippen molar-refractivity contribution in [1.82, 2.24) is 9.80 Å². The van der Waals surface area contributed by atoms with E-state index < -0.39 is 5.97 Å². The molecule has 3 rings (SSSR count). The fourth-order valence-corrected chi connectivity index (χ4v) is 3.65. The van der Waals surface area contributed by atoms with Crippen LogP contribution in [0.15, 0.2) is 18.2 Å². The first-order valence-corrected chi connectivity index (χ1v) is 9.14. The molecule has 0 spiro atoms. The van der Waals surface area contributed by atoms with Crippen LogP contribution in [0.3, 0.4) is 0 Å². The minimum Gasteiger partial charge on any atom is -0.478 e. The fourth-order valence-electron chi connectivity index (χ4n) is 3.65. The molecule has 7 nitrogen and oxygen atoms in total. The molecular formula is C19H25N3O4. The number of carbonyl (C=O) groups is 3. The summed E-state index contributed by atoms with van der Waals surface area (Å²) in [6, 6.07) is 4.90. The maximum atomic E-state index is 12.6. The standard InChI is InChI=1S/C19H25N3O4/c1-13-6-7-15(11-16(13)18(24)25)20-17(23)14-5-4-10-22(12-14)19(26)21-8-2-3-9-21/h6-7,11,14H,2-5,8-10,12H2,1H3,(H,20,23)(H,24,25). The number of benzene rings is 1. The highest BCUT2D eigenvalue weighted by atomic mass is 16.4. The van der Waals surface area contributed by atoms with Crippen LogP contribution in [0.1, 0.15) is 41.6 Å². The molecule has 1 unspecified atom stereocenters. The van der Waals surface area contributed by atoms with Gasteiger partial charge in [0, 0.05) is 31.9 Å². The van der Waals surface area contributed by atoms with E-state index in [1.165, 1.54) is 6.07 Å². The summed E-state index contributed by atoms with van der Waals surface area (Å²) in [5, 5.41) is 12.0. The number of anilines is 1. The Morgan fingerprint density at radius 2 is 1.77 bits per heavy atom. The predicted molar refractivity (Wildman–Crippen MR) is 97.3 cm³/mol. The topological polar surface area (TPSA) is 90.0 Å². The summed E-state index contributed by atoms with van der Waals surface area (Å²) in [4.78, 5) is 40.0. The van der Waals surface area contributed by atoms with Gasteiger partial charge in [-0.1, -0.05) is 6.07 Å². The number of piperidine rings is 1. The number of aromatic carboxylic acids is 1. The molecule has 1 aromatic carbocycles. The van der Waals surface area contributed by atoms with Crippen LogP contribution >= 0.6 is 0 Å². The number of hydrogen-bond donors (Lipinski definition) is 2. The lowest BCUT2D eigenvalue weighted by atomic mass is 9.97. The molecule has 26 heavy (non-hydrogen) atoms. The maximum absolute atomic E-state index is 12.6. The van der Waals surface area contributed by atoms with Crippen molar-refractivity contribution >= 4 is 23.6 Å². The molecule has 0 saturated carbocycles. The molecule has 1 aromatic rings. The SMILES string of the molecule is Cc1ccc(NC(=O)C2CCCN(C(=O)N3CCCC3)C2)cc1C(=O)O. The van der Waals surface area contributed by atoms with E-state index in [4.69, 9.17) is 0 Å². The molecule has 2 fully saturated rings. The van der Waals surface area contributed by atoms with Crippen molar-refractivity contribution in [3.05, 3.63) is 29.3 Å². The molecule has 7 heteroatoms. The number of carbonyl (C=O) groups excluding carboxylic acids is 2. The molecule has 0 aromatic heterocycles. The van der Waals surface area contributed by atoms with Gasteiger partial charge in [-0.25, -0.2) is 9.59 Å². The van der Waals surface area contributed by atoms with Crippen LogP contribution < -0.4 is 5.32 Å². The van der Waals surface area contributed by atoms with E-state index in [0.29, 0.717) is 24.3 Å². The van der Waals surface area contributed by atoms with E-state index >= 15 is 0 Å². The summed E-state index contributed by atoms with van der Waals surface area (Å²) in [6.45, 7) is 4.42. The Bertz CT molecular complexity index is 713. The van der Waals surface area contributed by atoms with Crippen LogP contribution in [0.4, 0.5) is 10.5 Å². The monoisotopic (exact) mass is 359 g/mol. The second kappa shape index (κ2) is 7.76. The van der Waals surface area contributed by atoms with Gasteiger partial charge >= 0.3 is 12.0 Å². The lowest BCUT2D eigenvalue weighted by Crippen LogP contribution is -2.48. The van der Waals surface area contributed by atoms with Gasteiger partial charge in [0.25, 0.3) is 0 Å². The highest BCUT2D eigenvalue weighted by Gasteiger charge is 2.31. The van der Waals surface area contributed by atoms with Crippen molar-refractivity contribution in [3.8, 4) is 0 Å². The number of aryl methyl sites for hydroxylation is 1. The van der Waals surface area contributed by atoms with E-state index in [0.717, 1.165) is 38.8 Å². The van der Waals surface area contributed by atoms with Gasteiger partial charge in [-0.15, -0.1) is 0 Å². The van der Waals surface area contributed by atoms with Crippen LogP contribution in [0, 0.1) is 12.8 Å². The lowest BCUT2D eigenvalue weighted by Gasteiger charge is -2.34. The number of nitrogens with zero attached hydrogens (tertiary/aromatic N) is 2. The summed E-state index contributed by atoms with van der Waals surface area (Å²) in [5.41, 5.74) is 1.30. The third kappa shape index (κ3) is 3.98. The number of amides is 3. The van der Waals surface area contributed by atoms with Crippen molar-refractivity contribution in [2.45, 2.75) is 32.6 Å². The normalized spacial score (nSPS) is 20.1. The van der Waals surface area contributed by atoms with Crippen LogP contribution in [0.2, 0.25) is 0 Å². The van der Waals surface area contributed by atoms with Gasteiger partial charge in [0.05, 0.1) is 11.5 Å². The van der Waals surface area contributed by atoms with E-state index in [9.17, 15) is 19.5 Å². The second-order valence-electron chi connectivity index (χ2n) is 7.09. The van der Waals surface area contributed by atoms with Crippen molar-refractivity contribution < 1.29 is 19.5 Å². The molecule has 2 heterocycles. The number of rotatable bonds is 3.